The molecule has 112 valence electrons. The van der Waals surface area contributed by atoms with E-state index in [4.69, 9.17) is 5.73 Å². The highest BCUT2D eigenvalue weighted by Crippen LogP contribution is 2.31. The van der Waals surface area contributed by atoms with Crippen LogP contribution in [0, 0.1) is 5.92 Å². The van der Waals surface area contributed by atoms with Crippen LogP contribution in [0.4, 0.5) is 0 Å². The molecule has 0 radical (unpaired) electrons. The summed E-state index contributed by atoms with van der Waals surface area (Å²) >= 11 is 0. The molecule has 1 fully saturated rings. The molecule has 0 aromatic heterocycles. The minimum absolute atomic E-state index is 0. The van der Waals surface area contributed by atoms with Gasteiger partial charge in [0.15, 0.2) is 0 Å². The molecule has 1 aromatic carbocycles. The number of nitrogens with one attached hydrogen (secondary N) is 1. The molecule has 20 heavy (non-hydrogen) atoms. The van der Waals surface area contributed by atoms with Crippen LogP contribution in [0.3, 0.4) is 0 Å². The fourth-order valence-electron chi connectivity index (χ4n) is 2.70. The average molecular weight is 317 g/mol. The summed E-state index contributed by atoms with van der Waals surface area (Å²) in [7, 11) is -3.41. The summed E-state index contributed by atoms with van der Waals surface area (Å²) in [6.07, 6.45) is 5.43. The van der Waals surface area contributed by atoms with Crippen LogP contribution in [0.15, 0.2) is 23.1 Å². The van der Waals surface area contributed by atoms with Crippen molar-refractivity contribution < 1.29 is 8.42 Å². The number of sulfonamides is 1. The summed E-state index contributed by atoms with van der Waals surface area (Å²) in [4.78, 5) is 0.371. The van der Waals surface area contributed by atoms with E-state index in [2.05, 4.69) is 4.72 Å². The Kier molecular flexibility index (Phi) is 4.74. The van der Waals surface area contributed by atoms with Gasteiger partial charge in [0.1, 0.15) is 0 Å². The van der Waals surface area contributed by atoms with Crippen molar-refractivity contribution in [1.82, 2.24) is 4.72 Å². The van der Waals surface area contributed by atoms with Crippen molar-refractivity contribution in [3.8, 4) is 0 Å². The first-order valence-corrected chi connectivity index (χ1v) is 8.41. The number of nitrogens with two attached hydrogens (primary N) is 1. The molecule has 4 nitrogen and oxygen atoms in total. The highest BCUT2D eigenvalue weighted by molar-refractivity contribution is 7.89. The lowest BCUT2D eigenvalue weighted by molar-refractivity contribution is 0.547. The van der Waals surface area contributed by atoms with Crippen molar-refractivity contribution in [2.45, 2.75) is 43.0 Å². The summed E-state index contributed by atoms with van der Waals surface area (Å²) in [6, 6.07) is 5.41. The van der Waals surface area contributed by atoms with E-state index in [-0.39, 0.29) is 18.4 Å². The van der Waals surface area contributed by atoms with Gasteiger partial charge in [0.25, 0.3) is 0 Å². The van der Waals surface area contributed by atoms with Crippen molar-refractivity contribution in [1.29, 1.82) is 0 Å². The first-order chi connectivity index (χ1) is 9.06. The van der Waals surface area contributed by atoms with Crippen LogP contribution < -0.4 is 10.5 Å². The number of fused-ring (bicyclic) bond motifs is 1. The molecule has 6 heteroatoms. The third kappa shape index (κ3) is 3.34. The quantitative estimate of drug-likeness (QED) is 0.867. The van der Waals surface area contributed by atoms with E-state index in [0.717, 1.165) is 32.1 Å². The Bertz CT molecular complexity index is 585. The van der Waals surface area contributed by atoms with Crippen LogP contribution in [0.1, 0.15) is 30.4 Å². The second-order valence-corrected chi connectivity index (χ2v) is 7.40. The van der Waals surface area contributed by atoms with Gasteiger partial charge in [0.2, 0.25) is 10.0 Å². The Balaban J connectivity index is 0.00000147. The van der Waals surface area contributed by atoms with E-state index < -0.39 is 10.0 Å². The zero-order valence-electron chi connectivity index (χ0n) is 11.3. The van der Waals surface area contributed by atoms with E-state index >= 15 is 0 Å². The summed E-state index contributed by atoms with van der Waals surface area (Å²) in [5, 5.41) is 0. The van der Waals surface area contributed by atoms with Gasteiger partial charge in [0.05, 0.1) is 4.90 Å². The second kappa shape index (κ2) is 6.02. The monoisotopic (exact) mass is 316 g/mol. The zero-order chi connectivity index (χ0) is 13.5. The molecule has 2 aliphatic rings. The predicted octanol–water partition coefficient (Wildman–Crippen LogP) is 1.61. The SMILES string of the molecule is Cl.NC(CNS(=O)(=O)c1ccc2c(c1)CCC2)C1CC1. The normalized spacial score (nSPS) is 19.2. The molecule has 0 aliphatic heterocycles. The molecule has 0 spiro atoms. The smallest absolute Gasteiger partial charge is 0.240 e. The van der Waals surface area contributed by atoms with Crippen LogP contribution >= 0.6 is 12.4 Å². The van der Waals surface area contributed by atoms with Crippen LogP contribution in [-0.2, 0) is 22.9 Å². The maximum absolute atomic E-state index is 12.2. The Labute approximate surface area is 126 Å². The molecule has 1 aromatic rings. The fourth-order valence-corrected chi connectivity index (χ4v) is 3.82. The molecule has 3 rings (SSSR count). The second-order valence-electron chi connectivity index (χ2n) is 5.64. The van der Waals surface area contributed by atoms with Gasteiger partial charge in [-0.15, -0.1) is 12.4 Å². The van der Waals surface area contributed by atoms with Crippen molar-refractivity contribution in [3.63, 3.8) is 0 Å². The summed E-state index contributed by atoms with van der Waals surface area (Å²) in [6.45, 7) is 0.337. The average Bonchev–Trinajstić information content (AvgIpc) is 3.13. The molecule has 1 saturated carbocycles. The Morgan fingerprint density at radius 3 is 2.65 bits per heavy atom. The topological polar surface area (TPSA) is 72.2 Å². The molecule has 1 atom stereocenters. The zero-order valence-corrected chi connectivity index (χ0v) is 13.0. The predicted molar refractivity (Wildman–Crippen MR) is 81.6 cm³/mol. The van der Waals surface area contributed by atoms with Crippen molar-refractivity contribution in [2.24, 2.45) is 11.7 Å². The molecular weight excluding hydrogens is 296 g/mol. The third-order valence-electron chi connectivity index (χ3n) is 4.12. The lowest BCUT2D eigenvalue weighted by atomic mass is 10.1. The lowest BCUT2D eigenvalue weighted by Gasteiger charge is -2.12. The van der Waals surface area contributed by atoms with Crippen molar-refractivity contribution in [3.05, 3.63) is 29.3 Å². The maximum Gasteiger partial charge on any atom is 0.240 e. The number of hydrogen-bond acceptors (Lipinski definition) is 3. The van der Waals surface area contributed by atoms with Crippen LogP contribution in [0.25, 0.3) is 0 Å². The number of hydrogen-bond donors (Lipinski definition) is 2. The van der Waals surface area contributed by atoms with Gasteiger partial charge < -0.3 is 5.73 Å². The van der Waals surface area contributed by atoms with Gasteiger partial charge in [-0.05, 0) is 61.3 Å². The maximum atomic E-state index is 12.2. The fraction of sp³-hybridized carbons (Fsp3) is 0.571. The Morgan fingerprint density at radius 1 is 1.25 bits per heavy atom. The molecular formula is C14H21ClN2O2S. The minimum atomic E-state index is -3.41. The van der Waals surface area contributed by atoms with Gasteiger partial charge in [-0.1, -0.05) is 6.07 Å². The van der Waals surface area contributed by atoms with Gasteiger partial charge in [-0.2, -0.15) is 0 Å². The third-order valence-corrected chi connectivity index (χ3v) is 5.54. The molecule has 0 bridgehead atoms. The van der Waals surface area contributed by atoms with Crippen LogP contribution in [0.5, 0.6) is 0 Å². The molecule has 3 N–H and O–H groups in total. The van der Waals surface area contributed by atoms with Crippen molar-refractivity contribution >= 4 is 22.4 Å². The highest BCUT2D eigenvalue weighted by Gasteiger charge is 2.29. The molecule has 0 amide bonds. The minimum Gasteiger partial charge on any atom is -0.326 e. The summed E-state index contributed by atoms with van der Waals surface area (Å²) in [5.41, 5.74) is 8.39. The number of rotatable bonds is 5. The molecule has 1 unspecified atom stereocenters. The summed E-state index contributed by atoms with van der Waals surface area (Å²) < 4.78 is 27.1. The van der Waals surface area contributed by atoms with E-state index in [1.165, 1.54) is 11.1 Å². The first kappa shape index (κ1) is 15.8. The molecule has 0 heterocycles. The van der Waals surface area contributed by atoms with Gasteiger partial charge >= 0.3 is 0 Å². The number of benzene rings is 1. The molecule has 0 saturated heterocycles. The number of aryl methyl sites for hydroxylation is 2. The van der Waals surface area contributed by atoms with E-state index in [9.17, 15) is 8.42 Å². The standard InChI is InChI=1S/C14H20N2O2S.ClH/c15-14(11-4-5-11)9-16-19(17,18)13-7-6-10-2-1-3-12(10)8-13;/h6-8,11,14,16H,1-5,9,15H2;1H. The Hall–Kier alpha value is -0.620. The van der Waals surface area contributed by atoms with Gasteiger partial charge in [-0.25, -0.2) is 13.1 Å². The van der Waals surface area contributed by atoms with Crippen LogP contribution in [0.2, 0.25) is 0 Å². The lowest BCUT2D eigenvalue weighted by Crippen LogP contribution is -2.38. The van der Waals surface area contributed by atoms with E-state index in [0.29, 0.717) is 17.4 Å². The Morgan fingerprint density at radius 2 is 1.95 bits per heavy atom. The molecule has 2 aliphatic carbocycles. The summed E-state index contributed by atoms with van der Waals surface area (Å²) in [5.74, 6) is 0.503. The largest absolute Gasteiger partial charge is 0.326 e. The van der Waals surface area contributed by atoms with Crippen LogP contribution in [-0.4, -0.2) is 21.0 Å². The first-order valence-electron chi connectivity index (χ1n) is 6.93. The number of halogens is 1. The highest BCUT2D eigenvalue weighted by atomic mass is 35.5. The van der Waals surface area contributed by atoms with E-state index in [1.54, 1.807) is 6.07 Å². The van der Waals surface area contributed by atoms with Gasteiger partial charge in [0, 0.05) is 12.6 Å². The van der Waals surface area contributed by atoms with Gasteiger partial charge in [-0.3, -0.25) is 0 Å². The van der Waals surface area contributed by atoms with E-state index in [1.807, 2.05) is 12.1 Å². The van der Waals surface area contributed by atoms with Crippen molar-refractivity contribution in [2.75, 3.05) is 6.54 Å².